The summed E-state index contributed by atoms with van der Waals surface area (Å²) in [6, 6.07) is 8.09. The lowest BCUT2D eigenvalue weighted by molar-refractivity contribution is -0.134. The Morgan fingerprint density at radius 1 is 1.35 bits per heavy atom. The summed E-state index contributed by atoms with van der Waals surface area (Å²) >= 11 is 3.40. The Labute approximate surface area is 112 Å². The topological polar surface area (TPSA) is 20.3 Å². The van der Waals surface area contributed by atoms with Gasteiger partial charge in [0.2, 0.25) is 5.91 Å². The average Bonchev–Trinajstić information content (AvgIpc) is 2.31. The molecular formula is C14H20BrNO. The molecule has 1 rings (SSSR count). The molecule has 0 aromatic heterocycles. The van der Waals surface area contributed by atoms with Gasteiger partial charge in [-0.05, 0) is 24.1 Å². The van der Waals surface area contributed by atoms with Crippen LogP contribution < -0.4 is 0 Å². The molecule has 0 radical (unpaired) electrons. The minimum atomic E-state index is 0.125. The number of halogens is 1. The largest absolute Gasteiger partial charge is 0.341 e. The molecule has 0 spiro atoms. The van der Waals surface area contributed by atoms with Crippen molar-refractivity contribution in [3.63, 3.8) is 0 Å². The van der Waals surface area contributed by atoms with Crippen molar-refractivity contribution in [3.8, 4) is 0 Å². The highest BCUT2D eigenvalue weighted by Crippen LogP contribution is 2.14. The third-order valence-electron chi connectivity index (χ3n) is 2.85. The molecule has 0 heterocycles. The molecular weight excluding hydrogens is 278 g/mol. The highest BCUT2D eigenvalue weighted by atomic mass is 79.9. The molecule has 17 heavy (non-hydrogen) atoms. The molecule has 0 bridgehead atoms. The smallest absolute Gasteiger partial charge is 0.225 e. The van der Waals surface area contributed by atoms with Crippen molar-refractivity contribution in [1.82, 2.24) is 4.90 Å². The van der Waals surface area contributed by atoms with Crippen LogP contribution in [0.25, 0.3) is 0 Å². The zero-order valence-corrected chi connectivity index (χ0v) is 12.3. The molecule has 0 fully saturated rings. The zero-order chi connectivity index (χ0) is 12.8. The molecule has 1 atom stereocenters. The third-order valence-corrected chi connectivity index (χ3v) is 3.38. The maximum atomic E-state index is 12.0. The fraction of sp³-hybridized carbons (Fsp3) is 0.500. The van der Waals surface area contributed by atoms with Crippen LogP contribution in [0.15, 0.2) is 28.7 Å². The maximum Gasteiger partial charge on any atom is 0.225 e. The molecule has 0 aliphatic heterocycles. The van der Waals surface area contributed by atoms with E-state index in [4.69, 9.17) is 0 Å². The van der Waals surface area contributed by atoms with E-state index >= 15 is 0 Å². The lowest BCUT2D eigenvalue weighted by Crippen LogP contribution is -2.31. The molecule has 94 valence electrons. The van der Waals surface area contributed by atoms with Gasteiger partial charge >= 0.3 is 0 Å². The van der Waals surface area contributed by atoms with E-state index in [9.17, 15) is 4.79 Å². The highest BCUT2D eigenvalue weighted by Gasteiger charge is 2.16. The second-order valence-electron chi connectivity index (χ2n) is 4.51. The predicted octanol–water partition coefficient (Wildman–Crippen LogP) is 3.84. The molecule has 1 unspecified atom stereocenters. The van der Waals surface area contributed by atoms with Crippen molar-refractivity contribution in [3.05, 3.63) is 34.3 Å². The Kier molecular flexibility index (Phi) is 5.69. The first kappa shape index (κ1) is 14.2. The van der Waals surface area contributed by atoms with Gasteiger partial charge in [0.05, 0.1) is 0 Å². The minimum absolute atomic E-state index is 0.125. The molecule has 1 aromatic rings. The van der Waals surface area contributed by atoms with Gasteiger partial charge in [0.1, 0.15) is 0 Å². The van der Waals surface area contributed by atoms with Gasteiger partial charge in [0, 0.05) is 24.0 Å². The third kappa shape index (κ3) is 4.50. The fourth-order valence-electron chi connectivity index (χ4n) is 1.87. The lowest BCUT2D eigenvalue weighted by Gasteiger charge is -2.21. The quantitative estimate of drug-likeness (QED) is 0.808. The first-order valence-corrected chi connectivity index (χ1v) is 6.83. The number of nitrogens with zero attached hydrogens (tertiary/aromatic N) is 1. The van der Waals surface area contributed by atoms with Crippen LogP contribution in [-0.4, -0.2) is 17.9 Å². The van der Waals surface area contributed by atoms with Crippen LogP contribution in [0, 0.1) is 5.92 Å². The van der Waals surface area contributed by atoms with Crippen LogP contribution >= 0.6 is 15.9 Å². The number of benzene rings is 1. The van der Waals surface area contributed by atoms with E-state index in [1.807, 2.05) is 43.1 Å². The van der Waals surface area contributed by atoms with Crippen molar-refractivity contribution in [2.75, 3.05) is 7.05 Å². The van der Waals surface area contributed by atoms with Gasteiger partial charge in [-0.15, -0.1) is 0 Å². The van der Waals surface area contributed by atoms with E-state index in [1.165, 1.54) is 0 Å². The standard InChI is InChI=1S/C14H20BrNO/c1-4-5-11(2)14(17)16(3)10-12-6-8-13(15)9-7-12/h6-9,11H,4-5,10H2,1-3H3. The molecule has 1 aromatic carbocycles. The number of carbonyl (C=O) groups is 1. The van der Waals surface area contributed by atoms with Gasteiger partial charge in [-0.25, -0.2) is 0 Å². The molecule has 0 saturated heterocycles. The Morgan fingerprint density at radius 2 is 1.94 bits per heavy atom. The normalized spacial score (nSPS) is 12.2. The van der Waals surface area contributed by atoms with Gasteiger partial charge in [0.25, 0.3) is 0 Å². The average molecular weight is 298 g/mol. The van der Waals surface area contributed by atoms with Crippen LogP contribution in [0.2, 0.25) is 0 Å². The number of hydrogen-bond donors (Lipinski definition) is 0. The lowest BCUT2D eigenvalue weighted by atomic mass is 10.0. The molecule has 3 heteroatoms. The van der Waals surface area contributed by atoms with E-state index in [0.29, 0.717) is 6.54 Å². The first-order chi connectivity index (χ1) is 8.04. The van der Waals surface area contributed by atoms with Gasteiger partial charge in [-0.2, -0.15) is 0 Å². The van der Waals surface area contributed by atoms with Crippen molar-refractivity contribution < 1.29 is 4.79 Å². The molecule has 0 saturated carbocycles. The minimum Gasteiger partial charge on any atom is -0.341 e. The number of amides is 1. The number of rotatable bonds is 5. The van der Waals surface area contributed by atoms with Crippen molar-refractivity contribution >= 4 is 21.8 Å². The van der Waals surface area contributed by atoms with Gasteiger partial charge < -0.3 is 4.90 Å². The second kappa shape index (κ2) is 6.80. The summed E-state index contributed by atoms with van der Waals surface area (Å²) in [5, 5.41) is 0. The monoisotopic (exact) mass is 297 g/mol. The molecule has 0 aliphatic rings. The summed E-state index contributed by atoms with van der Waals surface area (Å²) < 4.78 is 1.06. The first-order valence-electron chi connectivity index (χ1n) is 6.04. The number of carbonyl (C=O) groups excluding carboxylic acids is 1. The Hall–Kier alpha value is -0.830. The molecule has 2 nitrogen and oxygen atoms in total. The van der Waals surface area contributed by atoms with Gasteiger partial charge in [0.15, 0.2) is 0 Å². The van der Waals surface area contributed by atoms with E-state index in [0.717, 1.165) is 22.9 Å². The van der Waals surface area contributed by atoms with Crippen LogP contribution in [0.5, 0.6) is 0 Å². The van der Waals surface area contributed by atoms with Crippen LogP contribution in [0.3, 0.4) is 0 Å². The van der Waals surface area contributed by atoms with Crippen molar-refractivity contribution in [1.29, 1.82) is 0 Å². The van der Waals surface area contributed by atoms with Gasteiger partial charge in [-0.1, -0.05) is 48.3 Å². The fourth-order valence-corrected chi connectivity index (χ4v) is 2.14. The summed E-state index contributed by atoms with van der Waals surface area (Å²) in [5.74, 6) is 0.357. The molecule has 0 N–H and O–H groups in total. The second-order valence-corrected chi connectivity index (χ2v) is 5.43. The van der Waals surface area contributed by atoms with E-state index in [-0.39, 0.29) is 11.8 Å². The molecule has 1 amide bonds. The zero-order valence-electron chi connectivity index (χ0n) is 10.7. The summed E-state index contributed by atoms with van der Waals surface area (Å²) in [5.41, 5.74) is 1.16. The summed E-state index contributed by atoms with van der Waals surface area (Å²) in [6.07, 6.45) is 2.02. The van der Waals surface area contributed by atoms with Crippen molar-refractivity contribution in [2.24, 2.45) is 5.92 Å². The van der Waals surface area contributed by atoms with Crippen LogP contribution in [0.4, 0.5) is 0 Å². The Morgan fingerprint density at radius 3 is 2.47 bits per heavy atom. The summed E-state index contributed by atoms with van der Waals surface area (Å²) in [4.78, 5) is 13.8. The van der Waals surface area contributed by atoms with E-state index < -0.39 is 0 Å². The summed E-state index contributed by atoms with van der Waals surface area (Å²) in [6.45, 7) is 4.79. The van der Waals surface area contributed by atoms with Gasteiger partial charge in [-0.3, -0.25) is 4.79 Å². The van der Waals surface area contributed by atoms with E-state index in [2.05, 4.69) is 22.9 Å². The maximum absolute atomic E-state index is 12.0. The Balaban J connectivity index is 2.56. The van der Waals surface area contributed by atoms with E-state index in [1.54, 1.807) is 0 Å². The SMILES string of the molecule is CCCC(C)C(=O)N(C)Cc1ccc(Br)cc1. The van der Waals surface area contributed by atoms with Crippen LogP contribution in [-0.2, 0) is 11.3 Å². The molecule has 0 aliphatic carbocycles. The number of hydrogen-bond acceptors (Lipinski definition) is 1. The Bertz CT molecular complexity index is 361. The predicted molar refractivity (Wildman–Crippen MR) is 74.7 cm³/mol. The van der Waals surface area contributed by atoms with Crippen LogP contribution in [0.1, 0.15) is 32.3 Å². The summed E-state index contributed by atoms with van der Waals surface area (Å²) in [7, 11) is 1.87. The van der Waals surface area contributed by atoms with Crippen molar-refractivity contribution in [2.45, 2.75) is 33.2 Å². The highest BCUT2D eigenvalue weighted by molar-refractivity contribution is 9.10.